The number of hydrogen-bond donors (Lipinski definition) is 1. The van der Waals surface area contributed by atoms with Crippen LogP contribution in [0, 0.1) is 0 Å². The molecule has 0 saturated carbocycles. The molecule has 0 spiro atoms. The van der Waals surface area contributed by atoms with Crippen molar-refractivity contribution < 1.29 is 0 Å². The van der Waals surface area contributed by atoms with E-state index < -0.39 is 0 Å². The predicted octanol–water partition coefficient (Wildman–Crippen LogP) is 1.80. The number of aryl methyl sites for hydroxylation is 1. The number of hydrogen-bond acceptors (Lipinski definition) is 5. The van der Waals surface area contributed by atoms with Gasteiger partial charge in [-0.15, -0.1) is 0 Å². The molecule has 0 aliphatic rings. The van der Waals surface area contributed by atoms with Crippen molar-refractivity contribution in [2.24, 2.45) is 0 Å². The van der Waals surface area contributed by atoms with Gasteiger partial charge in [0.25, 0.3) is 0 Å². The molecule has 0 radical (unpaired) electrons. The van der Waals surface area contributed by atoms with E-state index in [1.807, 2.05) is 16.9 Å². The monoisotopic (exact) mass is 237 g/mol. The molecule has 5 nitrogen and oxygen atoms in total. The Bertz CT molecular complexity index is 409. The van der Waals surface area contributed by atoms with Crippen LogP contribution < -0.4 is 5.32 Å². The highest BCUT2D eigenvalue weighted by Gasteiger charge is 2.01. The van der Waals surface area contributed by atoms with Crippen LogP contribution in [0.4, 0.5) is 5.13 Å². The second-order valence-electron chi connectivity index (χ2n) is 3.46. The number of aromatic nitrogens is 4. The summed E-state index contributed by atoms with van der Waals surface area (Å²) in [6.07, 6.45) is 5.77. The lowest BCUT2D eigenvalue weighted by atomic mass is 10.3. The number of anilines is 1. The molecular formula is C10H15N5S. The smallest absolute Gasteiger partial charge is 0.202 e. The Labute approximate surface area is 98.7 Å². The molecule has 16 heavy (non-hydrogen) atoms. The minimum absolute atomic E-state index is 0.822. The van der Waals surface area contributed by atoms with E-state index in [9.17, 15) is 0 Å². The summed E-state index contributed by atoms with van der Waals surface area (Å²) < 4.78 is 6.16. The molecule has 0 atom stereocenters. The summed E-state index contributed by atoms with van der Waals surface area (Å²) >= 11 is 1.42. The molecule has 0 unspecified atom stereocenters. The third-order valence-electron chi connectivity index (χ3n) is 2.12. The van der Waals surface area contributed by atoms with Crippen molar-refractivity contribution in [3.63, 3.8) is 0 Å². The Morgan fingerprint density at radius 2 is 2.44 bits per heavy atom. The minimum atomic E-state index is 0.822. The molecule has 1 N–H and O–H groups in total. The van der Waals surface area contributed by atoms with E-state index in [0.717, 1.165) is 36.9 Å². The van der Waals surface area contributed by atoms with Crippen molar-refractivity contribution in [2.75, 3.05) is 11.9 Å². The normalized spacial score (nSPS) is 10.6. The van der Waals surface area contributed by atoms with Crippen molar-refractivity contribution in [3.05, 3.63) is 24.3 Å². The largest absolute Gasteiger partial charge is 0.358 e. The zero-order valence-electron chi connectivity index (χ0n) is 9.26. The van der Waals surface area contributed by atoms with Gasteiger partial charge in [0.2, 0.25) is 5.13 Å². The summed E-state index contributed by atoms with van der Waals surface area (Å²) in [6, 6.07) is 1.92. The predicted molar refractivity (Wildman–Crippen MR) is 64.6 cm³/mol. The zero-order valence-corrected chi connectivity index (χ0v) is 10.1. The van der Waals surface area contributed by atoms with E-state index in [1.165, 1.54) is 11.5 Å². The van der Waals surface area contributed by atoms with Crippen LogP contribution >= 0.6 is 11.5 Å². The van der Waals surface area contributed by atoms with Crippen molar-refractivity contribution in [1.82, 2.24) is 19.1 Å². The maximum absolute atomic E-state index is 4.39. The van der Waals surface area contributed by atoms with E-state index in [1.54, 1.807) is 6.20 Å². The molecule has 86 valence electrons. The topological polar surface area (TPSA) is 55.6 Å². The fourth-order valence-corrected chi connectivity index (χ4v) is 2.00. The average molecular weight is 237 g/mol. The van der Waals surface area contributed by atoms with Gasteiger partial charge in [-0.2, -0.15) is 9.47 Å². The first-order valence-electron chi connectivity index (χ1n) is 5.42. The van der Waals surface area contributed by atoms with Gasteiger partial charge in [-0.3, -0.25) is 4.68 Å². The highest BCUT2D eigenvalue weighted by atomic mass is 32.1. The standard InChI is InChI=1S/C10H15N5S/c1-2-4-9-13-10(16-14-9)11-6-8-15-7-3-5-12-15/h3,5,7H,2,4,6,8H2,1H3,(H,11,13,14). The first-order valence-corrected chi connectivity index (χ1v) is 6.19. The molecule has 0 fully saturated rings. The van der Waals surface area contributed by atoms with Gasteiger partial charge in [0.15, 0.2) is 0 Å². The van der Waals surface area contributed by atoms with E-state index in [-0.39, 0.29) is 0 Å². The molecule has 0 amide bonds. The molecule has 2 aromatic rings. The Hall–Kier alpha value is -1.43. The second kappa shape index (κ2) is 5.60. The van der Waals surface area contributed by atoms with Crippen LogP contribution in [0.3, 0.4) is 0 Å². The maximum Gasteiger partial charge on any atom is 0.202 e. The number of nitrogens with one attached hydrogen (secondary N) is 1. The summed E-state index contributed by atoms with van der Waals surface area (Å²) in [5.41, 5.74) is 0. The van der Waals surface area contributed by atoms with Gasteiger partial charge in [-0.25, -0.2) is 4.98 Å². The summed E-state index contributed by atoms with van der Waals surface area (Å²) in [5.74, 6) is 0.939. The van der Waals surface area contributed by atoms with Crippen LogP contribution in [-0.4, -0.2) is 25.7 Å². The molecule has 0 saturated heterocycles. The van der Waals surface area contributed by atoms with E-state index in [4.69, 9.17) is 0 Å². The minimum Gasteiger partial charge on any atom is -0.358 e. The van der Waals surface area contributed by atoms with Crippen LogP contribution in [0.1, 0.15) is 19.2 Å². The van der Waals surface area contributed by atoms with Gasteiger partial charge >= 0.3 is 0 Å². The van der Waals surface area contributed by atoms with E-state index in [2.05, 4.69) is 26.7 Å². The molecule has 0 aliphatic carbocycles. The van der Waals surface area contributed by atoms with Crippen molar-refractivity contribution in [3.8, 4) is 0 Å². The molecule has 6 heteroatoms. The highest BCUT2D eigenvalue weighted by Crippen LogP contribution is 2.11. The van der Waals surface area contributed by atoms with Gasteiger partial charge in [0, 0.05) is 36.9 Å². The van der Waals surface area contributed by atoms with Crippen LogP contribution in [0.15, 0.2) is 18.5 Å². The summed E-state index contributed by atoms with van der Waals surface area (Å²) in [5, 5.41) is 8.27. The van der Waals surface area contributed by atoms with E-state index in [0.29, 0.717) is 0 Å². The van der Waals surface area contributed by atoms with Gasteiger partial charge in [0.1, 0.15) is 5.82 Å². The van der Waals surface area contributed by atoms with Gasteiger partial charge in [0.05, 0.1) is 6.54 Å². The zero-order chi connectivity index (χ0) is 11.2. The lowest BCUT2D eigenvalue weighted by Gasteiger charge is -2.01. The SMILES string of the molecule is CCCc1nsc(NCCn2cccn2)n1. The third-order valence-corrected chi connectivity index (χ3v) is 2.83. The summed E-state index contributed by atoms with van der Waals surface area (Å²) in [7, 11) is 0. The third kappa shape index (κ3) is 3.03. The first-order chi connectivity index (χ1) is 7.88. The molecule has 2 rings (SSSR count). The summed E-state index contributed by atoms with van der Waals surface area (Å²) in [6.45, 7) is 3.80. The Kier molecular flexibility index (Phi) is 3.87. The van der Waals surface area contributed by atoms with Crippen molar-refractivity contribution >= 4 is 16.7 Å². The molecular weight excluding hydrogens is 222 g/mol. The fraction of sp³-hybridized carbons (Fsp3) is 0.500. The molecule has 0 bridgehead atoms. The molecule has 2 heterocycles. The number of nitrogens with zero attached hydrogens (tertiary/aromatic N) is 4. The Morgan fingerprint density at radius 1 is 1.50 bits per heavy atom. The van der Waals surface area contributed by atoms with Crippen LogP contribution in [0.5, 0.6) is 0 Å². The lowest BCUT2D eigenvalue weighted by Crippen LogP contribution is -2.10. The Balaban J connectivity index is 1.76. The molecule has 0 aromatic carbocycles. The second-order valence-corrected chi connectivity index (χ2v) is 4.21. The van der Waals surface area contributed by atoms with Crippen LogP contribution in [-0.2, 0) is 13.0 Å². The van der Waals surface area contributed by atoms with E-state index >= 15 is 0 Å². The Morgan fingerprint density at radius 3 is 3.19 bits per heavy atom. The number of rotatable bonds is 6. The van der Waals surface area contributed by atoms with Crippen LogP contribution in [0.25, 0.3) is 0 Å². The van der Waals surface area contributed by atoms with Crippen molar-refractivity contribution in [1.29, 1.82) is 0 Å². The van der Waals surface area contributed by atoms with Crippen molar-refractivity contribution in [2.45, 2.75) is 26.3 Å². The molecule has 0 aliphatic heterocycles. The summed E-state index contributed by atoms with van der Waals surface area (Å²) in [4.78, 5) is 4.39. The molecule has 2 aromatic heterocycles. The highest BCUT2D eigenvalue weighted by molar-refractivity contribution is 7.09. The van der Waals surface area contributed by atoms with Crippen LogP contribution in [0.2, 0.25) is 0 Å². The fourth-order valence-electron chi connectivity index (χ4n) is 1.36. The quantitative estimate of drug-likeness (QED) is 0.832. The lowest BCUT2D eigenvalue weighted by molar-refractivity contribution is 0.637. The van der Waals surface area contributed by atoms with Gasteiger partial charge in [-0.1, -0.05) is 6.92 Å². The first kappa shape index (κ1) is 11.1. The van der Waals surface area contributed by atoms with Gasteiger partial charge < -0.3 is 5.32 Å². The van der Waals surface area contributed by atoms with Gasteiger partial charge in [-0.05, 0) is 12.5 Å². The maximum atomic E-state index is 4.39. The average Bonchev–Trinajstić information content (AvgIpc) is 2.90.